The number of hydrogen-bond donors (Lipinski definition) is 2. The summed E-state index contributed by atoms with van der Waals surface area (Å²) < 4.78 is 15.6. The van der Waals surface area contributed by atoms with Crippen LogP contribution in [0.3, 0.4) is 0 Å². The number of carbonyl (C=O) groups is 2. The number of fused-ring (bicyclic) bond motifs is 1. The third-order valence-corrected chi connectivity index (χ3v) is 5.37. The molecule has 11 nitrogen and oxygen atoms in total. The van der Waals surface area contributed by atoms with Crippen LogP contribution in [0.2, 0.25) is 0 Å². The van der Waals surface area contributed by atoms with Crippen LogP contribution in [0, 0.1) is 0 Å². The molecule has 0 saturated heterocycles. The maximum Gasteiger partial charge on any atom is 0.321 e. The molecule has 0 radical (unpaired) electrons. The van der Waals surface area contributed by atoms with E-state index in [1.807, 2.05) is 0 Å². The lowest BCUT2D eigenvalue weighted by atomic mass is 10.2. The van der Waals surface area contributed by atoms with Crippen LogP contribution in [0.25, 0.3) is 0 Å². The largest absolute Gasteiger partial charge is 0.481 e. The van der Waals surface area contributed by atoms with Gasteiger partial charge < -0.3 is 24.4 Å². The number of ether oxygens (including phenoxy) is 3. The van der Waals surface area contributed by atoms with E-state index in [1.165, 1.54) is 18.4 Å². The van der Waals surface area contributed by atoms with Crippen LogP contribution in [-0.4, -0.2) is 59.9 Å². The van der Waals surface area contributed by atoms with E-state index in [-0.39, 0.29) is 24.9 Å². The summed E-state index contributed by atoms with van der Waals surface area (Å²) in [5, 5.41) is 5.89. The highest BCUT2D eigenvalue weighted by atomic mass is 32.1. The number of nitrogens with zero attached hydrogens (tertiary/aromatic N) is 4. The van der Waals surface area contributed by atoms with Gasteiger partial charge in [0, 0.05) is 30.5 Å². The zero-order valence-electron chi connectivity index (χ0n) is 18.9. The van der Waals surface area contributed by atoms with Crippen molar-refractivity contribution in [3.63, 3.8) is 0 Å². The molecule has 0 bridgehead atoms. The van der Waals surface area contributed by atoms with Crippen molar-refractivity contribution in [2.45, 2.75) is 45.8 Å². The Balaban J connectivity index is 1.55. The van der Waals surface area contributed by atoms with Crippen LogP contribution >= 0.6 is 11.3 Å². The Kier molecular flexibility index (Phi) is 7.33. The van der Waals surface area contributed by atoms with E-state index in [1.54, 1.807) is 33.9 Å². The predicted molar refractivity (Wildman–Crippen MR) is 119 cm³/mol. The number of esters is 1. The van der Waals surface area contributed by atoms with Crippen molar-refractivity contribution in [1.29, 1.82) is 0 Å². The molecule has 3 rings (SSSR count). The van der Waals surface area contributed by atoms with Gasteiger partial charge in [0.05, 0.1) is 32.9 Å². The summed E-state index contributed by atoms with van der Waals surface area (Å²) in [5.41, 5.74) is 0.401. The Morgan fingerprint density at radius 1 is 1.19 bits per heavy atom. The molecule has 0 saturated carbocycles. The molecule has 0 atom stereocenters. The third kappa shape index (κ3) is 6.42. The standard InChI is InChI=1S/C20H28N6O5S/c1-20(2,3)31-16(27)6-8-21-17(28)25-19-22-12-7-9-26(11-13(12)32-19)14-10-15(29-4)24-18(23-14)30-5/h10H,6-9,11H2,1-5H3,(H2,21,22,25,28). The minimum Gasteiger partial charge on any atom is -0.481 e. The molecule has 2 aromatic rings. The van der Waals surface area contributed by atoms with Gasteiger partial charge in [-0.1, -0.05) is 11.3 Å². The summed E-state index contributed by atoms with van der Waals surface area (Å²) in [6.45, 7) is 6.88. The smallest absolute Gasteiger partial charge is 0.321 e. The summed E-state index contributed by atoms with van der Waals surface area (Å²) in [6.07, 6.45) is 0.808. The molecule has 3 heterocycles. The molecule has 0 unspecified atom stereocenters. The van der Waals surface area contributed by atoms with Gasteiger partial charge >= 0.3 is 18.0 Å². The summed E-state index contributed by atoms with van der Waals surface area (Å²) in [6, 6.07) is 1.58. The molecule has 0 spiro atoms. The fourth-order valence-corrected chi connectivity index (χ4v) is 4.03. The van der Waals surface area contributed by atoms with Crippen molar-refractivity contribution >= 4 is 34.3 Å². The lowest BCUT2D eigenvalue weighted by Crippen LogP contribution is -2.32. The first-order valence-electron chi connectivity index (χ1n) is 10.1. The van der Waals surface area contributed by atoms with E-state index in [2.05, 4.69) is 30.5 Å². The number of thiazole rings is 1. The Morgan fingerprint density at radius 3 is 2.66 bits per heavy atom. The second-order valence-electron chi connectivity index (χ2n) is 8.03. The first kappa shape index (κ1) is 23.5. The summed E-state index contributed by atoms with van der Waals surface area (Å²) >= 11 is 1.41. The van der Waals surface area contributed by atoms with Crippen molar-refractivity contribution in [2.75, 3.05) is 37.5 Å². The van der Waals surface area contributed by atoms with Gasteiger partial charge in [-0.05, 0) is 20.8 Å². The Bertz CT molecular complexity index is 952. The average molecular weight is 465 g/mol. The highest BCUT2D eigenvalue weighted by Crippen LogP contribution is 2.31. The molecule has 32 heavy (non-hydrogen) atoms. The highest BCUT2D eigenvalue weighted by molar-refractivity contribution is 7.15. The van der Waals surface area contributed by atoms with Gasteiger partial charge in [0.1, 0.15) is 11.4 Å². The third-order valence-electron chi connectivity index (χ3n) is 4.37. The maximum absolute atomic E-state index is 12.2. The van der Waals surface area contributed by atoms with E-state index >= 15 is 0 Å². The molecule has 0 aromatic carbocycles. The minimum absolute atomic E-state index is 0.0971. The lowest BCUT2D eigenvalue weighted by Gasteiger charge is -2.27. The van der Waals surface area contributed by atoms with E-state index in [0.717, 1.165) is 10.6 Å². The number of hydrogen-bond acceptors (Lipinski definition) is 10. The zero-order valence-corrected chi connectivity index (χ0v) is 19.7. The zero-order chi connectivity index (χ0) is 23.3. The van der Waals surface area contributed by atoms with Crippen molar-refractivity contribution in [3.8, 4) is 11.9 Å². The number of carbonyl (C=O) groups excluding carboxylic acids is 2. The van der Waals surface area contributed by atoms with Crippen LogP contribution in [0.4, 0.5) is 15.7 Å². The molecule has 0 aliphatic carbocycles. The topological polar surface area (TPSA) is 128 Å². The lowest BCUT2D eigenvalue weighted by molar-refractivity contribution is -0.154. The van der Waals surface area contributed by atoms with Gasteiger partial charge in [-0.2, -0.15) is 9.97 Å². The average Bonchev–Trinajstić information content (AvgIpc) is 3.13. The molecule has 0 fully saturated rings. The van der Waals surface area contributed by atoms with Crippen molar-refractivity contribution in [1.82, 2.24) is 20.3 Å². The van der Waals surface area contributed by atoms with Gasteiger partial charge in [-0.15, -0.1) is 0 Å². The number of nitrogens with one attached hydrogen (secondary N) is 2. The molecular formula is C20H28N6O5S. The first-order valence-corrected chi connectivity index (χ1v) is 11.0. The van der Waals surface area contributed by atoms with Crippen LogP contribution in [0.15, 0.2) is 6.07 Å². The van der Waals surface area contributed by atoms with Crippen molar-refractivity contribution in [3.05, 3.63) is 16.6 Å². The second-order valence-corrected chi connectivity index (χ2v) is 9.12. The number of methoxy groups -OCH3 is 2. The quantitative estimate of drug-likeness (QED) is 0.594. The molecule has 174 valence electrons. The van der Waals surface area contributed by atoms with Crippen molar-refractivity contribution < 1.29 is 23.8 Å². The van der Waals surface area contributed by atoms with Gasteiger partial charge in [0.25, 0.3) is 0 Å². The number of urea groups is 1. The monoisotopic (exact) mass is 464 g/mol. The summed E-state index contributed by atoms with van der Waals surface area (Å²) in [7, 11) is 3.05. The molecule has 2 N–H and O–H groups in total. The molecule has 1 aliphatic rings. The molecule has 1 aliphatic heterocycles. The number of amides is 2. The van der Waals surface area contributed by atoms with Crippen LogP contribution < -0.4 is 25.0 Å². The fraction of sp³-hybridized carbons (Fsp3) is 0.550. The first-order chi connectivity index (χ1) is 15.2. The van der Waals surface area contributed by atoms with Gasteiger partial charge in [0.2, 0.25) is 5.88 Å². The maximum atomic E-state index is 12.2. The summed E-state index contributed by atoms with van der Waals surface area (Å²) in [5.74, 6) is 0.759. The van der Waals surface area contributed by atoms with Gasteiger partial charge in [0.15, 0.2) is 5.13 Å². The Labute approximate surface area is 190 Å². The minimum atomic E-state index is -0.546. The second kappa shape index (κ2) is 9.98. The SMILES string of the molecule is COc1cc(N2CCc3nc(NC(=O)NCCC(=O)OC(C)(C)C)sc3C2)nc(OC)n1. The number of rotatable bonds is 7. The normalized spacial score (nSPS) is 13.2. The van der Waals surface area contributed by atoms with Gasteiger partial charge in [-0.3, -0.25) is 10.1 Å². The van der Waals surface area contributed by atoms with Crippen LogP contribution in [-0.2, 0) is 22.5 Å². The Morgan fingerprint density at radius 2 is 1.97 bits per heavy atom. The van der Waals surface area contributed by atoms with Crippen molar-refractivity contribution in [2.24, 2.45) is 0 Å². The van der Waals surface area contributed by atoms with Gasteiger partial charge in [-0.25, -0.2) is 9.78 Å². The predicted octanol–water partition coefficient (Wildman–Crippen LogP) is 2.37. The van der Waals surface area contributed by atoms with E-state index in [9.17, 15) is 9.59 Å². The molecule has 12 heteroatoms. The Hall–Kier alpha value is -3.15. The molecule has 2 amide bonds. The number of anilines is 2. The highest BCUT2D eigenvalue weighted by Gasteiger charge is 2.24. The number of aromatic nitrogens is 3. The van der Waals surface area contributed by atoms with Crippen LogP contribution in [0.1, 0.15) is 37.8 Å². The summed E-state index contributed by atoms with van der Waals surface area (Å²) in [4.78, 5) is 40.1. The van der Waals surface area contributed by atoms with E-state index in [0.29, 0.717) is 36.3 Å². The van der Waals surface area contributed by atoms with Crippen LogP contribution in [0.5, 0.6) is 11.9 Å². The fourth-order valence-electron chi connectivity index (χ4n) is 3.01. The molecular weight excluding hydrogens is 436 g/mol. The van der Waals surface area contributed by atoms with E-state index < -0.39 is 11.6 Å². The molecule has 2 aromatic heterocycles. The van der Waals surface area contributed by atoms with E-state index in [4.69, 9.17) is 14.2 Å².